The smallest absolute Gasteiger partial charge is 0.127 e. The molecule has 112 valence electrons. The van der Waals surface area contributed by atoms with Crippen molar-refractivity contribution in [3.63, 3.8) is 0 Å². The van der Waals surface area contributed by atoms with E-state index in [2.05, 4.69) is 41.2 Å². The van der Waals surface area contributed by atoms with E-state index in [0.717, 1.165) is 44.9 Å². The fourth-order valence-corrected chi connectivity index (χ4v) is 2.56. The first-order valence-corrected chi connectivity index (χ1v) is 7.90. The van der Waals surface area contributed by atoms with Crippen molar-refractivity contribution in [3.8, 4) is 0 Å². The van der Waals surface area contributed by atoms with Gasteiger partial charge in [0.15, 0.2) is 0 Å². The summed E-state index contributed by atoms with van der Waals surface area (Å²) in [7, 11) is 0. The third-order valence-corrected chi connectivity index (χ3v) is 3.60. The van der Waals surface area contributed by atoms with Crippen molar-refractivity contribution in [1.82, 2.24) is 4.98 Å². The molecular weight excluding hydrogens is 250 g/mol. The molecule has 1 N–H and O–H groups in total. The average Bonchev–Trinajstić information content (AvgIpc) is 2.51. The van der Waals surface area contributed by atoms with Crippen molar-refractivity contribution in [2.75, 3.05) is 36.5 Å². The summed E-state index contributed by atoms with van der Waals surface area (Å²) in [5.41, 5.74) is 1.25. The van der Waals surface area contributed by atoms with E-state index in [4.69, 9.17) is 4.74 Å². The highest BCUT2D eigenvalue weighted by molar-refractivity contribution is 5.54. The fraction of sp³-hybridized carbons (Fsp3) is 0.688. The van der Waals surface area contributed by atoms with Gasteiger partial charge in [0.2, 0.25) is 0 Å². The van der Waals surface area contributed by atoms with E-state index in [0.29, 0.717) is 6.10 Å². The third kappa shape index (κ3) is 4.37. The van der Waals surface area contributed by atoms with Crippen molar-refractivity contribution in [2.45, 2.75) is 45.6 Å². The Labute approximate surface area is 122 Å². The Bertz CT molecular complexity index is 397. The number of aromatic nitrogens is 1. The molecule has 1 aromatic rings. The molecule has 4 heteroatoms. The maximum absolute atomic E-state index is 5.91. The second-order valence-electron chi connectivity index (χ2n) is 5.41. The number of ether oxygens (including phenoxy) is 1. The summed E-state index contributed by atoms with van der Waals surface area (Å²) in [6.07, 6.45) is 6.86. The summed E-state index contributed by atoms with van der Waals surface area (Å²) in [5, 5.41) is 3.35. The first-order valence-electron chi connectivity index (χ1n) is 7.90. The van der Waals surface area contributed by atoms with Gasteiger partial charge in [-0.1, -0.05) is 13.8 Å². The first kappa shape index (κ1) is 15.1. The van der Waals surface area contributed by atoms with Gasteiger partial charge in [0.1, 0.15) is 5.82 Å². The zero-order chi connectivity index (χ0) is 14.2. The van der Waals surface area contributed by atoms with Crippen LogP contribution in [0.25, 0.3) is 0 Å². The number of pyridine rings is 1. The van der Waals surface area contributed by atoms with Crippen molar-refractivity contribution < 1.29 is 4.74 Å². The highest BCUT2D eigenvalue weighted by atomic mass is 16.5. The molecule has 0 saturated carbocycles. The van der Waals surface area contributed by atoms with Gasteiger partial charge < -0.3 is 15.0 Å². The third-order valence-electron chi connectivity index (χ3n) is 3.60. The summed E-state index contributed by atoms with van der Waals surface area (Å²) < 4.78 is 5.91. The zero-order valence-corrected chi connectivity index (χ0v) is 12.8. The number of piperidine rings is 1. The predicted molar refractivity (Wildman–Crippen MR) is 84.5 cm³/mol. The molecule has 0 spiro atoms. The van der Waals surface area contributed by atoms with Crippen molar-refractivity contribution in [3.05, 3.63) is 18.3 Å². The Morgan fingerprint density at radius 2 is 2.30 bits per heavy atom. The maximum Gasteiger partial charge on any atom is 0.127 e. The van der Waals surface area contributed by atoms with E-state index in [-0.39, 0.29) is 0 Å². The molecule has 1 saturated heterocycles. The van der Waals surface area contributed by atoms with E-state index >= 15 is 0 Å². The van der Waals surface area contributed by atoms with Gasteiger partial charge in [-0.15, -0.1) is 0 Å². The minimum atomic E-state index is 0.379. The highest BCUT2D eigenvalue weighted by Gasteiger charge is 2.20. The van der Waals surface area contributed by atoms with Crippen LogP contribution in [0.3, 0.4) is 0 Å². The highest BCUT2D eigenvalue weighted by Crippen LogP contribution is 2.23. The van der Waals surface area contributed by atoms with Crippen molar-refractivity contribution in [2.24, 2.45) is 0 Å². The molecule has 4 nitrogen and oxygen atoms in total. The summed E-state index contributed by atoms with van der Waals surface area (Å²) in [4.78, 5) is 6.79. The first-order chi connectivity index (χ1) is 9.83. The molecule has 2 rings (SSSR count). The van der Waals surface area contributed by atoms with Crippen molar-refractivity contribution in [1.29, 1.82) is 0 Å². The molecule has 1 aromatic heterocycles. The lowest BCUT2D eigenvalue weighted by atomic mass is 10.1. The number of rotatable bonds is 7. The second kappa shape index (κ2) is 8.10. The summed E-state index contributed by atoms with van der Waals surface area (Å²) in [5.74, 6) is 0.973. The molecule has 1 atom stereocenters. The standard InChI is InChI=1S/C16H27N3O/c1-3-8-17-16-12-14(7-9-18-16)19-10-5-6-15(13-19)20-11-4-2/h7,9,12,15H,3-6,8,10-11,13H2,1-2H3,(H,17,18). The van der Waals surface area contributed by atoms with Gasteiger partial charge in [-0.2, -0.15) is 0 Å². The predicted octanol–water partition coefficient (Wildman–Crippen LogP) is 3.30. The molecule has 1 unspecified atom stereocenters. The lowest BCUT2D eigenvalue weighted by Crippen LogP contribution is -2.39. The molecule has 0 radical (unpaired) electrons. The Morgan fingerprint density at radius 3 is 3.10 bits per heavy atom. The van der Waals surface area contributed by atoms with Crippen LogP contribution < -0.4 is 10.2 Å². The summed E-state index contributed by atoms with van der Waals surface area (Å²) in [6.45, 7) is 8.28. The van der Waals surface area contributed by atoms with E-state index in [1.54, 1.807) is 0 Å². The van der Waals surface area contributed by atoms with Gasteiger partial charge in [0, 0.05) is 44.2 Å². The number of hydrogen-bond donors (Lipinski definition) is 1. The minimum absolute atomic E-state index is 0.379. The monoisotopic (exact) mass is 277 g/mol. The molecule has 1 aliphatic rings. The van der Waals surface area contributed by atoms with E-state index < -0.39 is 0 Å². The minimum Gasteiger partial charge on any atom is -0.376 e. The molecule has 1 aliphatic heterocycles. The summed E-state index contributed by atoms with van der Waals surface area (Å²) in [6, 6.07) is 4.25. The van der Waals surface area contributed by atoms with Crippen LogP contribution in [-0.2, 0) is 4.74 Å². The van der Waals surface area contributed by atoms with E-state index in [1.807, 2.05) is 6.20 Å². The Hall–Kier alpha value is -1.29. The molecule has 0 aromatic carbocycles. The van der Waals surface area contributed by atoms with E-state index in [9.17, 15) is 0 Å². The lowest BCUT2D eigenvalue weighted by molar-refractivity contribution is 0.0440. The van der Waals surface area contributed by atoms with Gasteiger partial charge in [-0.3, -0.25) is 0 Å². The number of nitrogens with one attached hydrogen (secondary N) is 1. The Morgan fingerprint density at radius 1 is 1.40 bits per heavy atom. The zero-order valence-electron chi connectivity index (χ0n) is 12.8. The molecule has 0 aliphatic carbocycles. The lowest BCUT2D eigenvalue weighted by Gasteiger charge is -2.34. The quantitative estimate of drug-likeness (QED) is 0.830. The van der Waals surface area contributed by atoms with Crippen LogP contribution in [0.5, 0.6) is 0 Å². The van der Waals surface area contributed by atoms with Crippen LogP contribution in [0.4, 0.5) is 11.5 Å². The largest absolute Gasteiger partial charge is 0.376 e. The molecule has 20 heavy (non-hydrogen) atoms. The normalized spacial score (nSPS) is 19.1. The van der Waals surface area contributed by atoms with Crippen LogP contribution in [0, 0.1) is 0 Å². The molecular formula is C16H27N3O. The molecule has 1 fully saturated rings. The van der Waals surface area contributed by atoms with E-state index in [1.165, 1.54) is 18.5 Å². The van der Waals surface area contributed by atoms with Crippen LogP contribution in [0.1, 0.15) is 39.5 Å². The topological polar surface area (TPSA) is 37.4 Å². The average molecular weight is 277 g/mol. The van der Waals surface area contributed by atoms with Gasteiger partial charge in [0.25, 0.3) is 0 Å². The number of nitrogens with zero attached hydrogens (tertiary/aromatic N) is 2. The second-order valence-corrected chi connectivity index (χ2v) is 5.41. The molecule has 0 bridgehead atoms. The molecule has 0 amide bonds. The SMILES string of the molecule is CCCNc1cc(N2CCCC(OCCC)C2)ccn1. The number of hydrogen-bond acceptors (Lipinski definition) is 4. The molecule has 2 heterocycles. The Balaban J connectivity index is 1.95. The van der Waals surface area contributed by atoms with Crippen LogP contribution >= 0.6 is 0 Å². The van der Waals surface area contributed by atoms with Crippen LogP contribution in [-0.4, -0.2) is 37.3 Å². The summed E-state index contributed by atoms with van der Waals surface area (Å²) >= 11 is 0. The van der Waals surface area contributed by atoms with Gasteiger partial charge >= 0.3 is 0 Å². The van der Waals surface area contributed by atoms with Crippen LogP contribution in [0.15, 0.2) is 18.3 Å². The number of anilines is 2. The fourth-order valence-electron chi connectivity index (χ4n) is 2.56. The van der Waals surface area contributed by atoms with Gasteiger partial charge in [-0.05, 0) is 31.7 Å². The van der Waals surface area contributed by atoms with Crippen LogP contribution in [0.2, 0.25) is 0 Å². The maximum atomic E-state index is 5.91. The van der Waals surface area contributed by atoms with Gasteiger partial charge in [0.05, 0.1) is 6.10 Å². The van der Waals surface area contributed by atoms with Gasteiger partial charge in [-0.25, -0.2) is 4.98 Å². The van der Waals surface area contributed by atoms with Crippen molar-refractivity contribution >= 4 is 11.5 Å². The Kier molecular flexibility index (Phi) is 6.12.